The number of pyridine rings is 1. The van der Waals surface area contributed by atoms with Crippen LogP contribution in [0.3, 0.4) is 0 Å². The van der Waals surface area contributed by atoms with Crippen molar-refractivity contribution in [3.05, 3.63) is 71.5 Å². The minimum absolute atomic E-state index is 0.0161. The second kappa shape index (κ2) is 13.3. The molecule has 1 fully saturated rings. The molecule has 6 rings (SSSR count). The molecule has 248 valence electrons. The number of hydrazine groups is 1. The van der Waals surface area contributed by atoms with Crippen LogP contribution in [0.5, 0.6) is 5.75 Å². The van der Waals surface area contributed by atoms with E-state index >= 15 is 0 Å². The first kappa shape index (κ1) is 32.9. The van der Waals surface area contributed by atoms with Gasteiger partial charge in [0.1, 0.15) is 11.8 Å². The number of nitrogens with one attached hydrogen (secondary N) is 1. The quantitative estimate of drug-likeness (QED) is 0.233. The zero-order valence-electron chi connectivity index (χ0n) is 28.3. The van der Waals surface area contributed by atoms with E-state index in [9.17, 15) is 14.7 Å². The molecule has 0 aliphatic carbocycles. The monoisotopic (exact) mass is 654 g/mol. The van der Waals surface area contributed by atoms with Gasteiger partial charge in [0.25, 0.3) is 0 Å². The van der Waals surface area contributed by atoms with Gasteiger partial charge in [0.2, 0.25) is 5.91 Å². The molecule has 4 aromatic rings. The third-order valence-corrected chi connectivity index (χ3v) is 10.5. The van der Waals surface area contributed by atoms with E-state index < -0.39 is 11.5 Å². The predicted octanol–water partition coefficient (Wildman–Crippen LogP) is 5.12. The van der Waals surface area contributed by atoms with Crippen LogP contribution in [0, 0.1) is 5.41 Å². The fraction of sp³-hybridized carbons (Fsp3) is 0.432. The van der Waals surface area contributed by atoms with Crippen LogP contribution >= 0.6 is 0 Å². The lowest BCUT2D eigenvalue weighted by Gasteiger charge is -2.35. The van der Waals surface area contributed by atoms with E-state index in [2.05, 4.69) is 61.1 Å². The van der Waals surface area contributed by atoms with Crippen molar-refractivity contribution in [3.8, 4) is 28.1 Å². The molecule has 10 heteroatoms. The molecule has 6 bridgehead atoms. The van der Waals surface area contributed by atoms with Gasteiger partial charge in [0.05, 0.1) is 24.1 Å². The van der Waals surface area contributed by atoms with Crippen molar-refractivity contribution in [3.63, 3.8) is 0 Å². The van der Waals surface area contributed by atoms with Gasteiger partial charge in [-0.1, -0.05) is 26.0 Å². The van der Waals surface area contributed by atoms with Crippen LogP contribution < -0.4 is 5.43 Å². The molecule has 2 aromatic heterocycles. The van der Waals surface area contributed by atoms with Gasteiger partial charge in [0.15, 0.2) is 0 Å². The summed E-state index contributed by atoms with van der Waals surface area (Å²) < 4.78 is 14.1. The van der Waals surface area contributed by atoms with Crippen LogP contribution in [0.1, 0.15) is 63.5 Å². The maximum Gasteiger partial charge on any atom is 0.324 e. The molecule has 1 amide bonds. The first-order valence-electron chi connectivity index (χ1n) is 16.7. The summed E-state index contributed by atoms with van der Waals surface area (Å²) in [6.07, 6.45) is 4.08. The number of fused-ring (bicyclic) bond motifs is 6. The molecule has 47 heavy (non-hydrogen) atoms. The van der Waals surface area contributed by atoms with E-state index in [1.165, 1.54) is 0 Å². The number of ether oxygens (including phenoxy) is 2. The van der Waals surface area contributed by atoms with Gasteiger partial charge in [-0.25, -0.2) is 5.43 Å². The van der Waals surface area contributed by atoms with Gasteiger partial charge in [0, 0.05) is 64.1 Å². The molecule has 2 aromatic carbocycles. The normalized spacial score (nSPS) is 21.0. The van der Waals surface area contributed by atoms with Gasteiger partial charge in [-0.15, -0.1) is 0 Å². The number of nitrogens with zero attached hydrogens (tertiary/aromatic N) is 3. The van der Waals surface area contributed by atoms with E-state index in [1.54, 1.807) is 30.4 Å². The van der Waals surface area contributed by atoms with Crippen molar-refractivity contribution < 1.29 is 24.2 Å². The molecule has 3 atom stereocenters. The van der Waals surface area contributed by atoms with Gasteiger partial charge < -0.3 is 19.1 Å². The Morgan fingerprint density at radius 3 is 2.74 bits per heavy atom. The number of cyclic esters (lactones) is 1. The van der Waals surface area contributed by atoms with E-state index in [-0.39, 0.29) is 35.9 Å². The number of phenols is 1. The van der Waals surface area contributed by atoms with Gasteiger partial charge in [-0.2, -0.15) is 0 Å². The summed E-state index contributed by atoms with van der Waals surface area (Å²) in [5.74, 6) is -0.173. The highest BCUT2D eigenvalue weighted by molar-refractivity contribution is 6.23. The predicted molar refractivity (Wildman–Crippen MR) is 187 cm³/mol. The summed E-state index contributed by atoms with van der Waals surface area (Å²) in [5.41, 5.74) is 10.5. The molecule has 1 saturated heterocycles. The Labute approximate surface area is 279 Å². The Bertz CT molecular complexity index is 1820. The summed E-state index contributed by atoms with van der Waals surface area (Å²) in [4.78, 5) is 31.7. The average Bonchev–Trinajstić information content (AvgIpc) is 3.37. The molecule has 2 aliphatic heterocycles. The summed E-state index contributed by atoms with van der Waals surface area (Å²) in [6, 6.07) is 15.6. The molecule has 0 saturated carbocycles. The number of aromatic hydroxyl groups is 1. The van der Waals surface area contributed by atoms with Crippen LogP contribution in [-0.4, -0.2) is 68.1 Å². The highest BCUT2D eigenvalue weighted by Gasteiger charge is 2.34. The van der Waals surface area contributed by atoms with Crippen LogP contribution in [0.15, 0.2) is 54.7 Å². The Balaban J connectivity index is 1.57. The summed E-state index contributed by atoms with van der Waals surface area (Å²) in [7, 11) is 2.33. The topological polar surface area (TPSA) is 106 Å². The minimum atomic E-state index is -0.572. The zero-order valence-corrected chi connectivity index (χ0v) is 30.3. The number of hydrogen-bond acceptors (Lipinski definition) is 7. The average molecular weight is 655 g/mol. The Hall–Kier alpha value is -3.99. The van der Waals surface area contributed by atoms with Gasteiger partial charge in [-0.05, 0) is 98.2 Å². The molecule has 4 heterocycles. The maximum absolute atomic E-state index is 13.5. The third kappa shape index (κ3) is 6.59. The van der Waals surface area contributed by atoms with Crippen molar-refractivity contribution in [2.45, 2.75) is 77.6 Å². The Morgan fingerprint density at radius 2 is 1.98 bits per heavy atom. The zero-order chi connectivity index (χ0) is 33.5. The third-order valence-electron chi connectivity index (χ3n) is 9.59. The van der Waals surface area contributed by atoms with Crippen molar-refractivity contribution in [1.29, 1.82) is 0 Å². The summed E-state index contributed by atoms with van der Waals surface area (Å²) in [5, 5.41) is 13.6. The van der Waals surface area contributed by atoms with Crippen molar-refractivity contribution in [2.24, 2.45) is 5.41 Å². The first-order valence-corrected chi connectivity index (χ1v) is 17.9. The van der Waals surface area contributed by atoms with Crippen molar-refractivity contribution in [2.75, 3.05) is 20.3 Å². The van der Waals surface area contributed by atoms with Crippen molar-refractivity contribution >= 4 is 33.0 Å². The van der Waals surface area contributed by atoms with Crippen LogP contribution in [0.4, 0.5) is 0 Å². The number of carbonyl (C=O) groups is 2. The summed E-state index contributed by atoms with van der Waals surface area (Å²) >= 11 is 0. The lowest BCUT2D eigenvalue weighted by Crippen LogP contribution is -2.56. The second-order valence-electron chi connectivity index (χ2n) is 13.9. The molecular formula is C37H46N4O5Si. The fourth-order valence-electron chi connectivity index (χ4n) is 7.15. The number of aromatic nitrogens is 2. The Morgan fingerprint density at radius 1 is 1.17 bits per heavy atom. The molecule has 2 N–H and O–H groups in total. The molecule has 2 aliphatic rings. The highest BCUT2D eigenvalue weighted by Crippen LogP contribution is 2.42. The second-order valence-corrected chi connectivity index (χ2v) is 15.3. The Kier molecular flexibility index (Phi) is 9.28. The van der Waals surface area contributed by atoms with E-state index in [4.69, 9.17) is 14.5 Å². The van der Waals surface area contributed by atoms with Crippen LogP contribution in [0.25, 0.3) is 33.3 Å². The van der Waals surface area contributed by atoms with Crippen LogP contribution in [0.2, 0.25) is 5.54 Å². The van der Waals surface area contributed by atoms with Crippen molar-refractivity contribution in [1.82, 2.24) is 20.0 Å². The number of hydrogen-bond donors (Lipinski definition) is 2. The number of aryl methyl sites for hydroxylation is 1. The molecule has 9 nitrogen and oxygen atoms in total. The molecular weight excluding hydrogens is 609 g/mol. The minimum Gasteiger partial charge on any atom is -0.508 e. The number of benzene rings is 2. The maximum atomic E-state index is 13.5. The number of carbonyl (C=O) groups excluding carboxylic acids is 2. The van der Waals surface area contributed by atoms with Crippen LogP contribution in [-0.2, 0) is 38.4 Å². The molecule has 0 unspecified atom stereocenters. The lowest BCUT2D eigenvalue weighted by atomic mass is 9.84. The van der Waals surface area contributed by atoms with E-state index in [0.29, 0.717) is 36.0 Å². The fourth-order valence-corrected chi connectivity index (χ4v) is 7.93. The van der Waals surface area contributed by atoms with E-state index in [1.807, 2.05) is 13.0 Å². The van der Waals surface area contributed by atoms with Gasteiger partial charge >= 0.3 is 5.97 Å². The molecule has 0 radical (unpaired) electrons. The summed E-state index contributed by atoms with van der Waals surface area (Å²) in [6.45, 7) is 9.93. The van der Waals surface area contributed by atoms with E-state index in [0.717, 1.165) is 63.1 Å². The highest BCUT2D eigenvalue weighted by atomic mass is 28.1. The smallest absolute Gasteiger partial charge is 0.324 e. The number of amides is 1. The first-order chi connectivity index (χ1) is 22.5. The number of phenolic OH excluding ortho intramolecular Hbond substituents is 1. The van der Waals surface area contributed by atoms with Gasteiger partial charge in [-0.3, -0.25) is 19.6 Å². The molecule has 0 spiro atoms. The number of esters is 1. The number of methoxy groups -OCH3 is 1. The SMILES string of the molecule is CCn1c(-c2cccnc2[C@H](C)OC)c2c3cc(ccc31)-c1cc(O)cc(c1)C[C@H]([SiH3])C(=O)N1CCC[C@H](N1)C(=O)OCC(C)(C)C2. The standard InChI is InChI=1S/C37H46N4O5Si/c1-6-40-31-12-11-24-19-28(31)29(34(40)27-9-7-13-38-33(27)22(2)45-5)20-37(3,4)21-46-36(44)30-10-8-14-41(39-30)35(43)32(47)17-23-15-25(24)18-26(42)16-23/h7,9,11-13,15-16,18-19,22,30,32,39,42H,6,8,10,14,17,20-21H2,1-5,47H3/t22-,30-,32-/m0/s1. The lowest BCUT2D eigenvalue weighted by molar-refractivity contribution is -0.154. The largest absolute Gasteiger partial charge is 0.508 e. The number of rotatable bonds is 4.